The zero-order chi connectivity index (χ0) is 24.5. The van der Waals surface area contributed by atoms with Gasteiger partial charge in [-0.05, 0) is 37.1 Å². The van der Waals surface area contributed by atoms with Gasteiger partial charge in [-0.3, -0.25) is 0 Å². The maximum Gasteiger partial charge on any atom is 0.0738 e. The van der Waals surface area contributed by atoms with Crippen molar-refractivity contribution < 1.29 is 0 Å². The van der Waals surface area contributed by atoms with Gasteiger partial charge in [0, 0.05) is 33.1 Å². The highest BCUT2D eigenvalue weighted by Crippen LogP contribution is 2.40. The minimum atomic E-state index is 0.489. The number of unbranched alkanes of at least 4 members (excludes halogenated alkanes) is 4. The summed E-state index contributed by atoms with van der Waals surface area (Å²) in [6.07, 6.45) is 9.01. The molecule has 1 unspecified atom stereocenters. The van der Waals surface area contributed by atoms with Crippen molar-refractivity contribution in [1.82, 2.24) is 9.13 Å². The van der Waals surface area contributed by atoms with E-state index in [2.05, 4.69) is 114 Å². The first-order valence-corrected chi connectivity index (χ1v) is 13.8. The van der Waals surface area contributed by atoms with Crippen molar-refractivity contribution in [1.29, 1.82) is 0 Å². The summed E-state index contributed by atoms with van der Waals surface area (Å²) in [5, 5.41) is 5.35. The average Bonchev–Trinajstić information content (AvgIpc) is 3.44. The third kappa shape index (κ3) is 3.71. The van der Waals surface area contributed by atoms with E-state index in [0.717, 1.165) is 6.42 Å². The summed E-state index contributed by atoms with van der Waals surface area (Å²) in [7, 11) is 0. The van der Waals surface area contributed by atoms with Crippen LogP contribution in [0.4, 0.5) is 0 Å². The highest BCUT2D eigenvalue weighted by atomic mass is 15.1. The molecule has 2 aromatic heterocycles. The smallest absolute Gasteiger partial charge is 0.0738 e. The van der Waals surface area contributed by atoms with E-state index in [1.165, 1.54) is 87.8 Å². The molecule has 0 saturated heterocycles. The molecule has 0 fully saturated rings. The Balaban J connectivity index is 1.62. The highest BCUT2D eigenvalue weighted by Gasteiger charge is 2.22. The quantitative estimate of drug-likeness (QED) is 0.185. The lowest BCUT2D eigenvalue weighted by atomic mass is 10.0. The van der Waals surface area contributed by atoms with E-state index in [1.54, 1.807) is 0 Å². The van der Waals surface area contributed by atoms with E-state index >= 15 is 0 Å². The Labute approximate surface area is 214 Å². The lowest BCUT2D eigenvalue weighted by Crippen LogP contribution is -2.10. The van der Waals surface area contributed by atoms with Gasteiger partial charge in [-0.15, -0.1) is 0 Å². The van der Waals surface area contributed by atoms with Crippen LogP contribution in [-0.2, 0) is 0 Å². The van der Waals surface area contributed by atoms with Crippen LogP contribution in [0.5, 0.6) is 0 Å². The molecule has 2 heterocycles. The monoisotopic (exact) mass is 472 g/mol. The predicted octanol–water partition coefficient (Wildman–Crippen LogP) is 10.2. The van der Waals surface area contributed by atoms with Crippen LogP contribution in [0.2, 0.25) is 0 Å². The van der Waals surface area contributed by atoms with Gasteiger partial charge in [0.2, 0.25) is 0 Å². The van der Waals surface area contributed by atoms with Gasteiger partial charge in [0.1, 0.15) is 0 Å². The van der Waals surface area contributed by atoms with Crippen LogP contribution in [0.25, 0.3) is 49.3 Å². The summed E-state index contributed by atoms with van der Waals surface area (Å²) in [6, 6.07) is 34.1. The summed E-state index contributed by atoms with van der Waals surface area (Å²) in [5.74, 6) is 0. The molecular weight excluding hydrogens is 436 g/mol. The summed E-state index contributed by atoms with van der Waals surface area (Å²) in [5.41, 5.74) is 6.56. The molecule has 0 saturated carbocycles. The molecule has 1 atom stereocenters. The van der Waals surface area contributed by atoms with E-state index in [-0.39, 0.29) is 0 Å². The van der Waals surface area contributed by atoms with Crippen molar-refractivity contribution in [3.63, 3.8) is 0 Å². The zero-order valence-electron chi connectivity index (χ0n) is 21.6. The van der Waals surface area contributed by atoms with Crippen molar-refractivity contribution in [2.45, 2.75) is 64.8 Å². The van der Waals surface area contributed by atoms with Gasteiger partial charge < -0.3 is 9.13 Å². The minimum Gasteiger partial charge on any atom is -0.336 e. The molecule has 0 radical (unpaired) electrons. The van der Waals surface area contributed by atoms with Gasteiger partial charge in [-0.25, -0.2) is 0 Å². The molecule has 182 valence electrons. The molecule has 6 rings (SSSR count). The van der Waals surface area contributed by atoms with Crippen LogP contribution < -0.4 is 0 Å². The second kappa shape index (κ2) is 9.85. The molecular formula is C34H36N2. The van der Waals surface area contributed by atoms with Crippen molar-refractivity contribution in [3.05, 3.63) is 91.0 Å². The second-order valence-electron chi connectivity index (χ2n) is 10.2. The van der Waals surface area contributed by atoms with Crippen LogP contribution in [0.1, 0.15) is 64.8 Å². The average molecular weight is 473 g/mol. The number of hydrogen-bond donors (Lipinski definition) is 0. The van der Waals surface area contributed by atoms with Gasteiger partial charge in [0.15, 0.2) is 0 Å². The number of fused-ring (bicyclic) bond motifs is 6. The summed E-state index contributed by atoms with van der Waals surface area (Å²) in [4.78, 5) is 0. The lowest BCUT2D eigenvalue weighted by molar-refractivity contribution is 0.445. The van der Waals surface area contributed by atoms with Crippen LogP contribution in [0.3, 0.4) is 0 Å². The lowest BCUT2D eigenvalue weighted by Gasteiger charge is -2.22. The molecule has 2 nitrogen and oxygen atoms in total. The Morgan fingerprint density at radius 2 is 1.11 bits per heavy atom. The fourth-order valence-electron chi connectivity index (χ4n) is 6.27. The molecule has 2 heteroatoms. The number of aromatic nitrogens is 2. The molecule has 0 aliphatic heterocycles. The van der Waals surface area contributed by atoms with Crippen molar-refractivity contribution >= 4 is 43.6 Å². The molecule has 6 aromatic rings. The molecule has 36 heavy (non-hydrogen) atoms. The van der Waals surface area contributed by atoms with E-state index in [4.69, 9.17) is 0 Å². The van der Waals surface area contributed by atoms with Crippen LogP contribution in [0.15, 0.2) is 91.0 Å². The van der Waals surface area contributed by atoms with Gasteiger partial charge in [0.05, 0.1) is 22.2 Å². The molecule has 0 spiro atoms. The van der Waals surface area contributed by atoms with E-state index in [1.807, 2.05) is 0 Å². The Bertz CT molecular complexity index is 1600. The Morgan fingerprint density at radius 3 is 1.75 bits per heavy atom. The Kier molecular flexibility index (Phi) is 6.27. The molecule has 0 amide bonds. The fraction of sp³-hybridized carbons (Fsp3) is 0.294. The number of para-hydroxylation sites is 4. The van der Waals surface area contributed by atoms with Crippen molar-refractivity contribution in [3.8, 4) is 5.69 Å². The first kappa shape index (κ1) is 22.9. The Morgan fingerprint density at radius 1 is 0.556 bits per heavy atom. The molecule has 0 aliphatic carbocycles. The van der Waals surface area contributed by atoms with Crippen LogP contribution in [0, 0.1) is 0 Å². The van der Waals surface area contributed by atoms with Gasteiger partial charge >= 0.3 is 0 Å². The molecule has 0 aliphatic rings. The number of rotatable bonds is 9. The van der Waals surface area contributed by atoms with Crippen molar-refractivity contribution in [2.24, 2.45) is 0 Å². The standard InChI is InChI=1S/C34H36N2/c1-3-5-6-7-8-16-25(4-2)35-30-21-12-11-19-28(30)29-20-15-24-33(34(29)35)36-31-22-13-9-17-26(31)27-18-10-14-23-32(27)36/h9-15,17-25H,3-8,16H2,1-2H3. The molecule has 0 N–H and O–H groups in total. The first-order chi connectivity index (χ1) is 17.8. The minimum absolute atomic E-state index is 0.489. The van der Waals surface area contributed by atoms with Gasteiger partial charge in [-0.1, -0.05) is 113 Å². The summed E-state index contributed by atoms with van der Waals surface area (Å²) >= 11 is 0. The Hall–Kier alpha value is -3.52. The third-order valence-electron chi connectivity index (χ3n) is 8.01. The second-order valence-corrected chi connectivity index (χ2v) is 10.2. The van der Waals surface area contributed by atoms with Crippen molar-refractivity contribution in [2.75, 3.05) is 0 Å². The molecule has 0 bridgehead atoms. The first-order valence-electron chi connectivity index (χ1n) is 13.8. The van der Waals surface area contributed by atoms with Gasteiger partial charge in [0.25, 0.3) is 0 Å². The number of nitrogens with zero attached hydrogens (tertiary/aromatic N) is 2. The summed E-state index contributed by atoms with van der Waals surface area (Å²) < 4.78 is 5.18. The van der Waals surface area contributed by atoms with E-state index in [0.29, 0.717) is 6.04 Å². The summed E-state index contributed by atoms with van der Waals surface area (Å²) in [6.45, 7) is 4.66. The SMILES string of the molecule is CCCCCCCC(CC)n1c2ccccc2c2cccc(-n3c4ccccc4c4ccccc43)c21. The third-order valence-corrected chi connectivity index (χ3v) is 8.01. The topological polar surface area (TPSA) is 9.86 Å². The van der Waals surface area contributed by atoms with E-state index in [9.17, 15) is 0 Å². The number of hydrogen-bond acceptors (Lipinski definition) is 0. The van der Waals surface area contributed by atoms with Crippen LogP contribution in [-0.4, -0.2) is 9.13 Å². The maximum absolute atomic E-state index is 2.68. The zero-order valence-corrected chi connectivity index (χ0v) is 21.6. The number of benzene rings is 4. The van der Waals surface area contributed by atoms with Crippen LogP contribution >= 0.6 is 0 Å². The molecule has 4 aromatic carbocycles. The highest BCUT2D eigenvalue weighted by molar-refractivity contribution is 6.14. The maximum atomic E-state index is 2.68. The fourth-order valence-corrected chi connectivity index (χ4v) is 6.27. The van der Waals surface area contributed by atoms with Gasteiger partial charge in [-0.2, -0.15) is 0 Å². The van der Waals surface area contributed by atoms with E-state index < -0.39 is 0 Å². The predicted molar refractivity (Wildman–Crippen MR) is 156 cm³/mol. The normalized spacial score (nSPS) is 12.8. The largest absolute Gasteiger partial charge is 0.336 e.